The fraction of sp³-hybridized carbons (Fsp3) is 0.600. The number of hydrogen-bond donors (Lipinski definition) is 0. The molecule has 1 aliphatic carbocycles. The second kappa shape index (κ2) is 5.54. The van der Waals surface area contributed by atoms with Crippen LogP contribution in [-0.2, 0) is 6.18 Å². The van der Waals surface area contributed by atoms with Gasteiger partial charge < -0.3 is 0 Å². The molecule has 3 atom stereocenters. The zero-order valence-electron chi connectivity index (χ0n) is 11.6. The Labute approximate surface area is 116 Å². The molecule has 1 fully saturated rings. The smallest absolute Gasteiger partial charge is 0.292 e. The SMILES string of the molecule is CC1CCC(C(=O)c2ccc(C(F)(F)F)cn2)CC1C. The van der Waals surface area contributed by atoms with E-state index in [1.807, 2.05) is 0 Å². The number of ketones is 1. The summed E-state index contributed by atoms with van der Waals surface area (Å²) >= 11 is 0. The summed E-state index contributed by atoms with van der Waals surface area (Å²) in [5, 5.41) is 0. The number of carbonyl (C=O) groups excluding carboxylic acids is 1. The Morgan fingerprint density at radius 2 is 1.90 bits per heavy atom. The van der Waals surface area contributed by atoms with Crippen molar-refractivity contribution in [1.29, 1.82) is 0 Å². The third-order valence-electron chi connectivity index (χ3n) is 4.31. The summed E-state index contributed by atoms with van der Waals surface area (Å²) in [4.78, 5) is 16.0. The number of alkyl halides is 3. The Morgan fingerprint density at radius 3 is 2.40 bits per heavy atom. The number of carbonyl (C=O) groups is 1. The molecule has 0 bridgehead atoms. The maximum atomic E-state index is 12.4. The number of nitrogens with zero attached hydrogens (tertiary/aromatic N) is 1. The maximum Gasteiger partial charge on any atom is 0.417 e. The normalized spacial score (nSPS) is 27.4. The van der Waals surface area contributed by atoms with Gasteiger partial charge in [0.2, 0.25) is 0 Å². The van der Waals surface area contributed by atoms with Crippen molar-refractivity contribution in [3.05, 3.63) is 29.6 Å². The molecule has 3 unspecified atom stereocenters. The largest absolute Gasteiger partial charge is 0.417 e. The molecule has 0 N–H and O–H groups in total. The van der Waals surface area contributed by atoms with Crippen LogP contribution in [0.25, 0.3) is 0 Å². The molecular formula is C15H18F3NO. The number of hydrogen-bond acceptors (Lipinski definition) is 2. The highest BCUT2D eigenvalue weighted by Gasteiger charge is 2.33. The van der Waals surface area contributed by atoms with E-state index in [0.29, 0.717) is 11.8 Å². The fourth-order valence-electron chi connectivity index (χ4n) is 2.70. The van der Waals surface area contributed by atoms with Crippen LogP contribution in [0, 0.1) is 17.8 Å². The van der Waals surface area contributed by atoms with E-state index in [1.54, 1.807) is 0 Å². The minimum atomic E-state index is -4.41. The molecule has 2 rings (SSSR count). The summed E-state index contributed by atoms with van der Waals surface area (Å²) in [6, 6.07) is 2.11. The molecular weight excluding hydrogens is 267 g/mol. The van der Waals surface area contributed by atoms with Gasteiger partial charge >= 0.3 is 6.18 Å². The lowest BCUT2D eigenvalue weighted by Crippen LogP contribution is -2.27. The van der Waals surface area contributed by atoms with Crippen LogP contribution in [0.2, 0.25) is 0 Å². The molecule has 1 saturated carbocycles. The van der Waals surface area contributed by atoms with Crippen LogP contribution in [0.3, 0.4) is 0 Å². The van der Waals surface area contributed by atoms with Crippen LogP contribution in [-0.4, -0.2) is 10.8 Å². The maximum absolute atomic E-state index is 12.4. The number of pyridine rings is 1. The molecule has 0 aliphatic heterocycles. The third kappa shape index (κ3) is 3.19. The number of rotatable bonds is 2. The molecule has 1 aromatic rings. The molecule has 5 heteroatoms. The predicted octanol–water partition coefficient (Wildman–Crippen LogP) is 4.36. The minimum absolute atomic E-state index is 0.106. The molecule has 2 nitrogen and oxygen atoms in total. The van der Waals surface area contributed by atoms with Crippen molar-refractivity contribution in [3.8, 4) is 0 Å². The van der Waals surface area contributed by atoms with Gasteiger partial charge in [-0.1, -0.05) is 13.8 Å². The van der Waals surface area contributed by atoms with Gasteiger partial charge in [-0.3, -0.25) is 9.78 Å². The zero-order valence-corrected chi connectivity index (χ0v) is 11.6. The standard InChI is InChI=1S/C15H18F3NO/c1-9-3-4-11(7-10(9)2)14(20)13-6-5-12(8-19-13)15(16,17)18/h5-6,8-11H,3-4,7H2,1-2H3. The van der Waals surface area contributed by atoms with E-state index < -0.39 is 11.7 Å². The van der Waals surface area contributed by atoms with Crippen molar-refractivity contribution in [2.75, 3.05) is 0 Å². The van der Waals surface area contributed by atoms with Crippen LogP contribution in [0.1, 0.15) is 49.2 Å². The Balaban J connectivity index is 2.10. The predicted molar refractivity (Wildman–Crippen MR) is 69.2 cm³/mol. The van der Waals surface area contributed by atoms with Gasteiger partial charge in [0.05, 0.1) is 5.56 Å². The average Bonchev–Trinajstić information content (AvgIpc) is 2.40. The highest BCUT2D eigenvalue weighted by atomic mass is 19.4. The van der Waals surface area contributed by atoms with Crippen molar-refractivity contribution in [1.82, 2.24) is 4.98 Å². The lowest BCUT2D eigenvalue weighted by molar-refractivity contribution is -0.137. The molecule has 110 valence electrons. The molecule has 1 heterocycles. The number of halogens is 3. The summed E-state index contributed by atoms with van der Waals surface area (Å²) in [6.07, 6.45) is -1.10. The van der Waals surface area contributed by atoms with Crippen LogP contribution in [0.15, 0.2) is 18.3 Å². The van der Waals surface area contributed by atoms with E-state index in [2.05, 4.69) is 18.8 Å². The van der Waals surface area contributed by atoms with Gasteiger partial charge in [-0.15, -0.1) is 0 Å². The first-order chi connectivity index (χ1) is 9.29. The van der Waals surface area contributed by atoms with E-state index in [9.17, 15) is 18.0 Å². The first-order valence-electron chi connectivity index (χ1n) is 6.86. The quantitative estimate of drug-likeness (QED) is 0.756. The van der Waals surface area contributed by atoms with E-state index in [1.165, 1.54) is 6.07 Å². The summed E-state index contributed by atoms with van der Waals surface area (Å²) in [5.41, 5.74) is -0.676. The molecule has 1 aromatic heterocycles. The van der Waals surface area contributed by atoms with Crippen LogP contribution in [0.5, 0.6) is 0 Å². The molecule has 20 heavy (non-hydrogen) atoms. The van der Waals surface area contributed by atoms with Crippen molar-refractivity contribution >= 4 is 5.78 Å². The second-order valence-electron chi connectivity index (χ2n) is 5.76. The Hall–Kier alpha value is -1.39. The first kappa shape index (κ1) is 15.0. The van der Waals surface area contributed by atoms with Crippen molar-refractivity contribution in [2.24, 2.45) is 17.8 Å². The molecule has 0 spiro atoms. The number of Topliss-reactive ketones (excluding diaryl/α,β-unsaturated/α-hetero) is 1. The Bertz CT molecular complexity index is 481. The highest BCUT2D eigenvalue weighted by Crippen LogP contribution is 2.35. The monoisotopic (exact) mass is 285 g/mol. The summed E-state index contributed by atoms with van der Waals surface area (Å²) < 4.78 is 37.3. The molecule has 0 radical (unpaired) electrons. The van der Waals surface area contributed by atoms with Gasteiger partial charge in [-0.25, -0.2) is 0 Å². The van der Waals surface area contributed by atoms with E-state index in [0.717, 1.165) is 31.5 Å². The van der Waals surface area contributed by atoms with Gasteiger partial charge in [0.15, 0.2) is 5.78 Å². The van der Waals surface area contributed by atoms with E-state index >= 15 is 0 Å². The van der Waals surface area contributed by atoms with Gasteiger partial charge in [-0.2, -0.15) is 13.2 Å². The summed E-state index contributed by atoms with van der Waals surface area (Å²) in [6.45, 7) is 4.28. The Kier molecular flexibility index (Phi) is 4.16. The fourth-order valence-corrected chi connectivity index (χ4v) is 2.70. The summed E-state index contributed by atoms with van der Waals surface area (Å²) in [5.74, 6) is 0.828. The molecule has 0 saturated heterocycles. The Morgan fingerprint density at radius 1 is 1.20 bits per heavy atom. The van der Waals surface area contributed by atoms with Crippen molar-refractivity contribution in [3.63, 3.8) is 0 Å². The topological polar surface area (TPSA) is 30.0 Å². The van der Waals surface area contributed by atoms with Gasteiger partial charge in [0, 0.05) is 12.1 Å². The number of aromatic nitrogens is 1. The van der Waals surface area contributed by atoms with Crippen molar-refractivity contribution in [2.45, 2.75) is 39.3 Å². The van der Waals surface area contributed by atoms with Gasteiger partial charge in [0.25, 0.3) is 0 Å². The van der Waals surface area contributed by atoms with Crippen LogP contribution < -0.4 is 0 Å². The molecule has 1 aliphatic rings. The molecule has 0 aromatic carbocycles. The minimum Gasteiger partial charge on any atom is -0.292 e. The second-order valence-corrected chi connectivity index (χ2v) is 5.76. The first-order valence-corrected chi connectivity index (χ1v) is 6.86. The van der Waals surface area contributed by atoms with Gasteiger partial charge in [0.1, 0.15) is 5.69 Å². The van der Waals surface area contributed by atoms with Crippen molar-refractivity contribution < 1.29 is 18.0 Å². The lowest BCUT2D eigenvalue weighted by atomic mass is 9.74. The zero-order chi connectivity index (χ0) is 14.9. The van der Waals surface area contributed by atoms with Gasteiger partial charge in [-0.05, 0) is 43.2 Å². The van der Waals surface area contributed by atoms with Crippen LogP contribution >= 0.6 is 0 Å². The van der Waals surface area contributed by atoms with E-state index in [-0.39, 0.29) is 17.4 Å². The average molecular weight is 285 g/mol. The molecule has 0 amide bonds. The van der Waals surface area contributed by atoms with Crippen LogP contribution in [0.4, 0.5) is 13.2 Å². The third-order valence-corrected chi connectivity index (χ3v) is 4.31. The summed E-state index contributed by atoms with van der Waals surface area (Å²) in [7, 11) is 0. The highest BCUT2D eigenvalue weighted by molar-refractivity contribution is 5.96. The van der Waals surface area contributed by atoms with E-state index in [4.69, 9.17) is 0 Å². The lowest BCUT2D eigenvalue weighted by Gasteiger charge is -2.31.